The molecule has 6 heteroatoms. The van der Waals surface area contributed by atoms with Crippen molar-refractivity contribution in [2.75, 3.05) is 6.61 Å². The van der Waals surface area contributed by atoms with Crippen LogP contribution in [0.2, 0.25) is 5.02 Å². The summed E-state index contributed by atoms with van der Waals surface area (Å²) in [5, 5.41) is 9.35. The largest absolute Gasteiger partial charge is 0.478 e. The lowest BCUT2D eigenvalue weighted by molar-refractivity contribution is -0.151. The molecule has 1 aromatic rings. The van der Waals surface area contributed by atoms with Crippen molar-refractivity contribution in [1.82, 2.24) is 0 Å². The maximum atomic E-state index is 11.6. The molecule has 1 aromatic carbocycles. The zero-order valence-corrected chi connectivity index (χ0v) is 11.4. The fourth-order valence-electron chi connectivity index (χ4n) is 1.46. The molecule has 0 aliphatic rings. The number of rotatable bonds is 6. The highest BCUT2D eigenvalue weighted by atomic mass is 35.5. The predicted octanol–water partition coefficient (Wildman–Crippen LogP) is 2.76. The van der Waals surface area contributed by atoms with Crippen molar-refractivity contribution in [3.8, 4) is 5.75 Å². The lowest BCUT2D eigenvalue weighted by Gasteiger charge is -2.17. The molecule has 5 nitrogen and oxygen atoms in total. The second-order valence-corrected chi connectivity index (χ2v) is 4.15. The number of benzene rings is 1. The Hall–Kier alpha value is -1.75. The standard InChI is InChI=1S/C13H15ClO5/c1-3-10(13(17)18-4-2)19-11-6-5-8(14)7-9(11)12(15)16/h5-7,10H,3-4H2,1-2H3,(H,15,16). The molecular formula is C13H15ClO5. The lowest BCUT2D eigenvalue weighted by Crippen LogP contribution is -2.29. The zero-order chi connectivity index (χ0) is 14.4. The summed E-state index contributed by atoms with van der Waals surface area (Å²) in [7, 11) is 0. The molecule has 0 amide bonds. The average molecular weight is 287 g/mol. The normalized spacial score (nSPS) is 11.7. The summed E-state index contributed by atoms with van der Waals surface area (Å²) in [6, 6.07) is 4.20. The van der Waals surface area contributed by atoms with Crippen LogP contribution in [0.4, 0.5) is 0 Å². The number of aromatic carboxylic acids is 1. The highest BCUT2D eigenvalue weighted by Crippen LogP contribution is 2.24. The van der Waals surface area contributed by atoms with Gasteiger partial charge in [0.1, 0.15) is 11.3 Å². The quantitative estimate of drug-likeness (QED) is 0.814. The second kappa shape index (κ2) is 6.99. The van der Waals surface area contributed by atoms with Crippen LogP contribution >= 0.6 is 11.6 Å². The number of carboxylic acids is 1. The van der Waals surface area contributed by atoms with E-state index in [1.54, 1.807) is 13.8 Å². The minimum absolute atomic E-state index is 0.0877. The summed E-state index contributed by atoms with van der Waals surface area (Å²) in [6.45, 7) is 3.68. The van der Waals surface area contributed by atoms with Gasteiger partial charge in [0.25, 0.3) is 0 Å². The van der Waals surface area contributed by atoms with Crippen molar-refractivity contribution in [2.45, 2.75) is 26.4 Å². The SMILES string of the molecule is CCOC(=O)C(CC)Oc1ccc(Cl)cc1C(=O)O. The van der Waals surface area contributed by atoms with Gasteiger partial charge in [-0.1, -0.05) is 18.5 Å². The molecule has 0 radical (unpaired) electrons. The fraction of sp³-hybridized carbons (Fsp3) is 0.385. The van der Waals surface area contributed by atoms with Crippen LogP contribution < -0.4 is 4.74 Å². The van der Waals surface area contributed by atoms with Crippen molar-refractivity contribution in [1.29, 1.82) is 0 Å². The van der Waals surface area contributed by atoms with E-state index >= 15 is 0 Å². The summed E-state index contributed by atoms with van der Waals surface area (Å²) < 4.78 is 10.3. The number of hydrogen-bond donors (Lipinski definition) is 1. The van der Waals surface area contributed by atoms with Gasteiger partial charge in [0, 0.05) is 5.02 Å². The van der Waals surface area contributed by atoms with Crippen LogP contribution in [0.1, 0.15) is 30.6 Å². The number of hydrogen-bond acceptors (Lipinski definition) is 4. The van der Waals surface area contributed by atoms with Crippen molar-refractivity contribution in [2.24, 2.45) is 0 Å². The molecule has 0 heterocycles. The van der Waals surface area contributed by atoms with Crippen LogP contribution in [-0.2, 0) is 9.53 Å². The first-order chi connectivity index (χ1) is 8.99. The Morgan fingerprint density at radius 1 is 1.37 bits per heavy atom. The van der Waals surface area contributed by atoms with E-state index in [1.807, 2.05) is 0 Å². The molecule has 1 unspecified atom stereocenters. The van der Waals surface area contributed by atoms with Gasteiger partial charge >= 0.3 is 11.9 Å². The van der Waals surface area contributed by atoms with Crippen molar-refractivity contribution in [3.63, 3.8) is 0 Å². The molecule has 0 fully saturated rings. The molecular weight excluding hydrogens is 272 g/mol. The molecule has 1 N–H and O–H groups in total. The number of carbonyl (C=O) groups excluding carboxylic acids is 1. The number of esters is 1. The molecule has 104 valence electrons. The molecule has 0 aliphatic heterocycles. The van der Waals surface area contributed by atoms with Gasteiger partial charge in [0.15, 0.2) is 6.10 Å². The third-order valence-corrected chi connectivity index (χ3v) is 2.60. The van der Waals surface area contributed by atoms with Gasteiger partial charge in [-0.05, 0) is 31.5 Å². The first-order valence-electron chi connectivity index (χ1n) is 5.85. The smallest absolute Gasteiger partial charge is 0.347 e. The number of ether oxygens (including phenoxy) is 2. The Labute approximate surface area is 116 Å². The summed E-state index contributed by atoms with van der Waals surface area (Å²) in [4.78, 5) is 22.7. The lowest BCUT2D eigenvalue weighted by atomic mass is 10.2. The molecule has 1 atom stereocenters. The maximum Gasteiger partial charge on any atom is 0.347 e. The number of carboxylic acid groups (broad SMARTS) is 1. The number of halogens is 1. The second-order valence-electron chi connectivity index (χ2n) is 3.71. The van der Waals surface area contributed by atoms with Crippen LogP contribution in [0.15, 0.2) is 18.2 Å². The molecule has 0 bridgehead atoms. The van der Waals surface area contributed by atoms with Crippen LogP contribution in [-0.4, -0.2) is 29.8 Å². The summed E-state index contributed by atoms with van der Waals surface area (Å²) in [6.07, 6.45) is -0.459. The van der Waals surface area contributed by atoms with E-state index in [0.717, 1.165) is 0 Å². The van der Waals surface area contributed by atoms with Gasteiger partial charge in [0.2, 0.25) is 0 Å². The molecule has 0 saturated carbocycles. The topological polar surface area (TPSA) is 72.8 Å². The minimum atomic E-state index is -1.17. The van der Waals surface area contributed by atoms with E-state index in [-0.39, 0.29) is 22.9 Å². The Kier molecular flexibility index (Phi) is 5.63. The first-order valence-corrected chi connectivity index (χ1v) is 6.23. The molecule has 1 rings (SSSR count). The maximum absolute atomic E-state index is 11.6. The van der Waals surface area contributed by atoms with Crippen LogP contribution in [0.25, 0.3) is 0 Å². The molecule has 0 aromatic heterocycles. The van der Waals surface area contributed by atoms with Gasteiger partial charge in [-0.2, -0.15) is 0 Å². The highest BCUT2D eigenvalue weighted by molar-refractivity contribution is 6.31. The fourth-order valence-corrected chi connectivity index (χ4v) is 1.63. The van der Waals surface area contributed by atoms with E-state index < -0.39 is 18.0 Å². The molecule has 0 aliphatic carbocycles. The van der Waals surface area contributed by atoms with E-state index in [2.05, 4.69) is 0 Å². The Balaban J connectivity index is 2.97. The molecule has 0 saturated heterocycles. The number of carbonyl (C=O) groups is 2. The minimum Gasteiger partial charge on any atom is -0.478 e. The summed E-state index contributed by atoms with van der Waals surface area (Å²) >= 11 is 5.73. The zero-order valence-electron chi connectivity index (χ0n) is 10.7. The Bertz CT molecular complexity index is 472. The van der Waals surface area contributed by atoms with E-state index in [1.165, 1.54) is 18.2 Å². The van der Waals surface area contributed by atoms with Crippen molar-refractivity contribution < 1.29 is 24.2 Å². The van der Waals surface area contributed by atoms with Gasteiger partial charge in [-0.15, -0.1) is 0 Å². The van der Waals surface area contributed by atoms with E-state index in [0.29, 0.717) is 6.42 Å². The third kappa shape index (κ3) is 4.13. The molecule has 19 heavy (non-hydrogen) atoms. The average Bonchev–Trinajstić information content (AvgIpc) is 2.37. The van der Waals surface area contributed by atoms with Crippen molar-refractivity contribution >= 4 is 23.5 Å². The predicted molar refractivity (Wildman–Crippen MR) is 69.8 cm³/mol. The highest BCUT2D eigenvalue weighted by Gasteiger charge is 2.22. The van der Waals surface area contributed by atoms with Gasteiger partial charge in [-0.25, -0.2) is 9.59 Å². The first kappa shape index (κ1) is 15.3. The Morgan fingerprint density at radius 2 is 2.05 bits per heavy atom. The van der Waals surface area contributed by atoms with Crippen LogP contribution in [0.3, 0.4) is 0 Å². The summed E-state index contributed by atoms with van der Waals surface area (Å²) in [5.74, 6) is -1.59. The van der Waals surface area contributed by atoms with E-state index in [9.17, 15) is 9.59 Å². The molecule has 0 spiro atoms. The van der Waals surface area contributed by atoms with Crippen molar-refractivity contribution in [3.05, 3.63) is 28.8 Å². The van der Waals surface area contributed by atoms with E-state index in [4.69, 9.17) is 26.2 Å². The van der Waals surface area contributed by atoms with Gasteiger partial charge in [0.05, 0.1) is 6.61 Å². The third-order valence-electron chi connectivity index (χ3n) is 2.36. The van der Waals surface area contributed by atoms with Gasteiger partial charge < -0.3 is 14.6 Å². The Morgan fingerprint density at radius 3 is 2.58 bits per heavy atom. The van der Waals surface area contributed by atoms with Crippen LogP contribution in [0.5, 0.6) is 5.75 Å². The monoisotopic (exact) mass is 286 g/mol. The van der Waals surface area contributed by atoms with Gasteiger partial charge in [-0.3, -0.25) is 0 Å². The van der Waals surface area contributed by atoms with Crippen LogP contribution in [0, 0.1) is 0 Å². The summed E-state index contributed by atoms with van der Waals surface area (Å²) in [5.41, 5.74) is -0.0877.